The number of hydrogen-bond acceptors (Lipinski definition) is 2. The smallest absolute Gasteiger partial charge is 0.0511 e. The van der Waals surface area contributed by atoms with E-state index in [0.29, 0.717) is 0 Å². The third kappa shape index (κ3) is 4.57. The third-order valence-corrected chi connectivity index (χ3v) is 2.93. The quantitative estimate of drug-likeness (QED) is 0.256. The van der Waals surface area contributed by atoms with Gasteiger partial charge in [0.2, 0.25) is 0 Å². The molecule has 16 heavy (non-hydrogen) atoms. The molecule has 0 radical (unpaired) electrons. The van der Waals surface area contributed by atoms with Crippen LogP contribution < -0.4 is 0 Å². The summed E-state index contributed by atoms with van der Waals surface area (Å²) in [4.78, 5) is 2.89. The predicted molar refractivity (Wildman–Crippen MR) is 63.6 cm³/mol. The van der Waals surface area contributed by atoms with Crippen LogP contribution in [0.5, 0.6) is 0 Å². The Morgan fingerprint density at radius 3 is 2.88 bits per heavy atom. The molecule has 0 amide bonds. The molecule has 2 unspecified atom stereocenters. The highest BCUT2D eigenvalue weighted by molar-refractivity contribution is 5.08. The van der Waals surface area contributed by atoms with Gasteiger partial charge in [-0.3, -0.25) is 0 Å². The summed E-state index contributed by atoms with van der Waals surface area (Å²) in [6.07, 6.45) is 6.96. The van der Waals surface area contributed by atoms with Crippen LogP contribution in [0.4, 0.5) is 0 Å². The molecule has 88 valence electrons. The second kappa shape index (κ2) is 8.04. The fourth-order valence-corrected chi connectivity index (χ4v) is 2.01. The molecule has 1 rings (SSSR count). The van der Waals surface area contributed by atoms with Crippen LogP contribution in [0.2, 0.25) is 0 Å². The molecular formula is C12H19N3O. The van der Waals surface area contributed by atoms with Gasteiger partial charge < -0.3 is 5.11 Å². The minimum atomic E-state index is 0.0732. The van der Waals surface area contributed by atoms with Gasteiger partial charge in [0.1, 0.15) is 0 Å². The second-order valence-electron chi connectivity index (χ2n) is 4.17. The lowest BCUT2D eigenvalue weighted by Gasteiger charge is -2.23. The maximum atomic E-state index is 8.62. The zero-order chi connectivity index (χ0) is 11.6. The van der Waals surface area contributed by atoms with Crippen LogP contribution in [-0.2, 0) is 0 Å². The summed E-state index contributed by atoms with van der Waals surface area (Å²) >= 11 is 0. The monoisotopic (exact) mass is 221 g/mol. The highest BCUT2D eigenvalue weighted by Gasteiger charge is 2.21. The molecule has 4 nitrogen and oxygen atoms in total. The Bertz CT molecular complexity index is 299. The molecule has 1 fully saturated rings. The summed E-state index contributed by atoms with van der Waals surface area (Å²) in [5, 5.41) is 12.4. The van der Waals surface area contributed by atoms with Gasteiger partial charge in [0.15, 0.2) is 0 Å². The van der Waals surface area contributed by atoms with E-state index in [9.17, 15) is 0 Å². The Balaban J connectivity index is 2.39. The molecule has 0 heterocycles. The van der Waals surface area contributed by atoms with E-state index < -0.39 is 0 Å². The molecule has 2 atom stereocenters. The van der Waals surface area contributed by atoms with Gasteiger partial charge in [-0.05, 0) is 31.2 Å². The van der Waals surface area contributed by atoms with Gasteiger partial charge in [0.25, 0.3) is 0 Å². The first-order chi connectivity index (χ1) is 7.88. The van der Waals surface area contributed by atoms with Crippen LogP contribution in [0.1, 0.15) is 44.9 Å². The first-order valence-corrected chi connectivity index (χ1v) is 6.02. The summed E-state index contributed by atoms with van der Waals surface area (Å²) < 4.78 is 0. The summed E-state index contributed by atoms with van der Waals surface area (Å²) in [6, 6.07) is 0.0732. The summed E-state index contributed by atoms with van der Waals surface area (Å²) in [7, 11) is 0. The van der Waals surface area contributed by atoms with E-state index in [-0.39, 0.29) is 18.6 Å². The van der Waals surface area contributed by atoms with Crippen LogP contribution >= 0.6 is 0 Å². The Morgan fingerprint density at radius 1 is 1.31 bits per heavy atom. The van der Waals surface area contributed by atoms with Crippen molar-refractivity contribution in [3.05, 3.63) is 10.4 Å². The Kier molecular flexibility index (Phi) is 6.48. The minimum absolute atomic E-state index is 0.0732. The molecule has 0 saturated heterocycles. The van der Waals surface area contributed by atoms with Crippen molar-refractivity contribution < 1.29 is 5.11 Å². The lowest BCUT2D eigenvalue weighted by Crippen LogP contribution is -2.21. The summed E-state index contributed by atoms with van der Waals surface area (Å²) in [5.74, 6) is 6.60. The Morgan fingerprint density at radius 2 is 2.12 bits per heavy atom. The SMILES string of the molecule is [N-]=[N+]=NC1CCCCC1C#CCCCCO. The molecule has 0 aromatic rings. The van der Waals surface area contributed by atoms with Gasteiger partial charge in [0.05, 0.1) is 6.04 Å². The lowest BCUT2D eigenvalue weighted by atomic mass is 9.85. The largest absolute Gasteiger partial charge is 0.396 e. The minimum Gasteiger partial charge on any atom is -0.396 e. The number of aliphatic hydroxyl groups is 1. The average Bonchev–Trinajstić information content (AvgIpc) is 2.31. The molecule has 1 aliphatic carbocycles. The topological polar surface area (TPSA) is 69.0 Å². The van der Waals surface area contributed by atoms with E-state index in [1.54, 1.807) is 0 Å². The molecule has 0 aliphatic heterocycles. The fourth-order valence-electron chi connectivity index (χ4n) is 2.01. The maximum Gasteiger partial charge on any atom is 0.0511 e. The van der Waals surface area contributed by atoms with Crippen LogP contribution in [0.3, 0.4) is 0 Å². The van der Waals surface area contributed by atoms with Crippen molar-refractivity contribution in [3.8, 4) is 11.8 Å². The van der Waals surface area contributed by atoms with Gasteiger partial charge in [-0.15, -0.1) is 5.92 Å². The number of azide groups is 1. The van der Waals surface area contributed by atoms with Crippen molar-refractivity contribution >= 4 is 0 Å². The van der Waals surface area contributed by atoms with Crippen LogP contribution in [-0.4, -0.2) is 17.8 Å². The van der Waals surface area contributed by atoms with E-state index in [1.807, 2.05) is 0 Å². The highest BCUT2D eigenvalue weighted by atomic mass is 16.2. The molecule has 4 heteroatoms. The number of aliphatic hydroxyl groups excluding tert-OH is 1. The van der Waals surface area contributed by atoms with E-state index >= 15 is 0 Å². The van der Waals surface area contributed by atoms with Crippen molar-refractivity contribution in [3.63, 3.8) is 0 Å². The van der Waals surface area contributed by atoms with E-state index in [1.165, 1.54) is 6.42 Å². The van der Waals surface area contributed by atoms with Gasteiger partial charge in [-0.2, -0.15) is 0 Å². The van der Waals surface area contributed by atoms with Gasteiger partial charge >= 0.3 is 0 Å². The molecule has 0 aromatic carbocycles. The number of rotatable bonds is 4. The summed E-state index contributed by atoms with van der Waals surface area (Å²) in [6.45, 7) is 0.243. The fraction of sp³-hybridized carbons (Fsp3) is 0.833. The molecule has 1 saturated carbocycles. The summed E-state index contributed by atoms with van der Waals surface area (Å²) in [5.41, 5.74) is 8.46. The van der Waals surface area contributed by atoms with Crippen LogP contribution in [0, 0.1) is 17.8 Å². The van der Waals surface area contributed by atoms with Crippen LogP contribution in [0.25, 0.3) is 10.4 Å². The Hall–Kier alpha value is -1.17. The molecular weight excluding hydrogens is 202 g/mol. The number of hydrogen-bond donors (Lipinski definition) is 1. The van der Waals surface area contributed by atoms with Crippen molar-refractivity contribution in [1.82, 2.24) is 0 Å². The van der Waals surface area contributed by atoms with Gasteiger partial charge in [0, 0.05) is 23.9 Å². The molecule has 0 spiro atoms. The van der Waals surface area contributed by atoms with Gasteiger partial charge in [-0.1, -0.05) is 23.9 Å². The van der Waals surface area contributed by atoms with Crippen LogP contribution in [0.15, 0.2) is 5.11 Å². The average molecular weight is 221 g/mol. The maximum absolute atomic E-state index is 8.62. The molecule has 1 N–H and O–H groups in total. The second-order valence-corrected chi connectivity index (χ2v) is 4.17. The zero-order valence-corrected chi connectivity index (χ0v) is 9.60. The standard InChI is InChI=1S/C12H19N3O/c13-15-14-12-9-5-4-8-11(12)7-3-1-2-6-10-16/h11-12,16H,1-2,4-6,8-10H2. The number of nitrogens with zero attached hydrogens (tertiary/aromatic N) is 3. The number of unbranched alkanes of at least 4 members (excludes halogenated alkanes) is 2. The van der Waals surface area contributed by atoms with Crippen molar-refractivity contribution in [2.45, 2.75) is 51.0 Å². The first-order valence-electron chi connectivity index (χ1n) is 6.02. The lowest BCUT2D eigenvalue weighted by molar-refractivity contribution is 0.285. The predicted octanol–water partition coefficient (Wildman–Crippen LogP) is 3.02. The third-order valence-electron chi connectivity index (χ3n) is 2.93. The van der Waals surface area contributed by atoms with Crippen molar-refractivity contribution in [1.29, 1.82) is 0 Å². The van der Waals surface area contributed by atoms with E-state index in [0.717, 1.165) is 38.5 Å². The van der Waals surface area contributed by atoms with E-state index in [4.69, 9.17) is 10.6 Å². The molecule has 0 bridgehead atoms. The molecule has 1 aliphatic rings. The Labute approximate surface area is 96.7 Å². The van der Waals surface area contributed by atoms with Gasteiger partial charge in [-0.25, -0.2) is 0 Å². The zero-order valence-electron chi connectivity index (χ0n) is 9.60. The molecule has 0 aromatic heterocycles. The highest BCUT2D eigenvalue weighted by Crippen LogP contribution is 2.26. The normalized spacial score (nSPS) is 24.1. The van der Waals surface area contributed by atoms with E-state index in [2.05, 4.69) is 21.9 Å². The first kappa shape index (κ1) is 12.9. The van der Waals surface area contributed by atoms with Crippen molar-refractivity contribution in [2.24, 2.45) is 11.0 Å². The van der Waals surface area contributed by atoms with Crippen molar-refractivity contribution in [2.75, 3.05) is 6.61 Å².